The van der Waals surface area contributed by atoms with Gasteiger partial charge >= 0.3 is 5.97 Å². The Labute approximate surface area is 105 Å². The molecule has 0 amide bonds. The third kappa shape index (κ3) is 2.56. The van der Waals surface area contributed by atoms with Crippen LogP contribution in [-0.4, -0.2) is 26.1 Å². The van der Waals surface area contributed by atoms with E-state index in [1.165, 1.54) is 11.8 Å². The third-order valence-electron chi connectivity index (χ3n) is 2.76. The first-order valence-electron chi connectivity index (χ1n) is 5.79. The predicted octanol–water partition coefficient (Wildman–Crippen LogP) is 2.02. The Morgan fingerprint density at radius 2 is 2.00 bits per heavy atom. The van der Waals surface area contributed by atoms with E-state index in [9.17, 15) is 4.79 Å². The van der Waals surface area contributed by atoms with Crippen molar-refractivity contribution < 1.29 is 9.90 Å². The Bertz CT molecular complexity index is 544. The summed E-state index contributed by atoms with van der Waals surface area (Å²) in [5.74, 6) is -0.425. The van der Waals surface area contributed by atoms with Gasteiger partial charge in [0.15, 0.2) is 0 Å². The molecule has 1 aromatic heterocycles. The van der Waals surface area contributed by atoms with Gasteiger partial charge in [0.05, 0.1) is 24.0 Å². The van der Waals surface area contributed by atoms with Crippen molar-refractivity contribution in [1.82, 2.24) is 15.0 Å². The number of nitrogens with zero attached hydrogens (tertiary/aromatic N) is 3. The zero-order chi connectivity index (χ0) is 13.1. The molecule has 0 bridgehead atoms. The monoisotopic (exact) mass is 245 g/mol. The zero-order valence-electron chi connectivity index (χ0n) is 10.4. The lowest BCUT2D eigenvalue weighted by molar-refractivity contribution is -0.136. The average Bonchev–Trinajstić information content (AvgIpc) is 2.76. The van der Waals surface area contributed by atoms with Gasteiger partial charge in [-0.25, -0.2) is 4.68 Å². The van der Waals surface area contributed by atoms with Crippen molar-refractivity contribution in [1.29, 1.82) is 0 Å². The molecule has 2 rings (SSSR count). The molecule has 5 nitrogen and oxygen atoms in total. The highest BCUT2D eigenvalue weighted by Crippen LogP contribution is 2.17. The summed E-state index contributed by atoms with van der Waals surface area (Å²) in [6.07, 6.45) is 1.39. The Kier molecular flexibility index (Phi) is 3.41. The molecule has 5 heteroatoms. The molecule has 0 aliphatic heterocycles. The summed E-state index contributed by atoms with van der Waals surface area (Å²) >= 11 is 0. The fourth-order valence-electron chi connectivity index (χ4n) is 1.75. The van der Waals surface area contributed by atoms with Crippen LogP contribution in [0, 0.1) is 0 Å². The van der Waals surface area contributed by atoms with Gasteiger partial charge in [-0.2, -0.15) is 0 Å². The fourth-order valence-corrected chi connectivity index (χ4v) is 1.75. The summed E-state index contributed by atoms with van der Waals surface area (Å²) < 4.78 is 1.55. The van der Waals surface area contributed by atoms with Crippen molar-refractivity contribution in [2.75, 3.05) is 0 Å². The summed E-state index contributed by atoms with van der Waals surface area (Å²) in [4.78, 5) is 10.7. The molecule has 0 spiro atoms. The van der Waals surface area contributed by atoms with Crippen LogP contribution in [0.25, 0.3) is 5.69 Å². The lowest BCUT2D eigenvalue weighted by Crippen LogP contribution is -2.08. The first-order chi connectivity index (χ1) is 8.58. The van der Waals surface area contributed by atoms with E-state index in [1.54, 1.807) is 4.68 Å². The normalized spacial score (nSPS) is 10.8. The first-order valence-corrected chi connectivity index (χ1v) is 5.79. The van der Waals surface area contributed by atoms with Crippen LogP contribution in [0.3, 0.4) is 0 Å². The molecule has 0 fully saturated rings. The lowest BCUT2D eigenvalue weighted by atomic mass is 10.0. The Morgan fingerprint density at radius 3 is 2.56 bits per heavy atom. The Hall–Kier alpha value is -2.17. The maximum atomic E-state index is 10.7. The summed E-state index contributed by atoms with van der Waals surface area (Å²) in [7, 11) is 0. The van der Waals surface area contributed by atoms with Crippen molar-refractivity contribution in [2.24, 2.45) is 0 Å². The van der Waals surface area contributed by atoms with Crippen molar-refractivity contribution in [3.8, 4) is 5.69 Å². The van der Waals surface area contributed by atoms with Crippen LogP contribution in [0.2, 0.25) is 0 Å². The second-order valence-corrected chi connectivity index (χ2v) is 4.45. The molecule has 94 valence electrons. The molecular weight excluding hydrogens is 230 g/mol. The molecule has 0 atom stereocenters. The maximum absolute atomic E-state index is 10.7. The second kappa shape index (κ2) is 5.00. The van der Waals surface area contributed by atoms with Crippen LogP contribution in [-0.2, 0) is 11.2 Å². The summed E-state index contributed by atoms with van der Waals surface area (Å²) in [5.41, 5.74) is 2.63. The minimum Gasteiger partial charge on any atom is -0.481 e. The number of benzene rings is 1. The van der Waals surface area contributed by atoms with E-state index in [-0.39, 0.29) is 6.42 Å². The summed E-state index contributed by atoms with van der Waals surface area (Å²) in [6, 6.07) is 7.89. The molecule has 0 saturated carbocycles. The van der Waals surface area contributed by atoms with Gasteiger partial charge in [0.25, 0.3) is 0 Å². The van der Waals surface area contributed by atoms with Crippen LogP contribution < -0.4 is 0 Å². The number of hydrogen-bond donors (Lipinski definition) is 1. The molecule has 18 heavy (non-hydrogen) atoms. The number of carboxylic acids is 1. The highest BCUT2D eigenvalue weighted by Gasteiger charge is 2.10. The van der Waals surface area contributed by atoms with Gasteiger partial charge in [0.2, 0.25) is 0 Å². The van der Waals surface area contributed by atoms with Gasteiger partial charge in [-0.15, -0.1) is 5.10 Å². The van der Waals surface area contributed by atoms with E-state index < -0.39 is 5.97 Å². The maximum Gasteiger partial charge on any atom is 0.309 e. The molecule has 0 radical (unpaired) electrons. The SMILES string of the molecule is CC(C)c1ccc(-n2nncc2CC(=O)O)cc1. The highest BCUT2D eigenvalue weighted by molar-refractivity contribution is 5.69. The van der Waals surface area contributed by atoms with Crippen LogP contribution in [0.5, 0.6) is 0 Å². The van der Waals surface area contributed by atoms with Crippen molar-refractivity contribution >= 4 is 5.97 Å². The molecule has 0 unspecified atom stereocenters. The van der Waals surface area contributed by atoms with Crippen LogP contribution >= 0.6 is 0 Å². The van der Waals surface area contributed by atoms with Gasteiger partial charge in [0.1, 0.15) is 0 Å². The smallest absolute Gasteiger partial charge is 0.309 e. The molecule has 1 N–H and O–H groups in total. The van der Waals surface area contributed by atoms with Crippen molar-refractivity contribution in [2.45, 2.75) is 26.2 Å². The molecule has 0 aliphatic rings. The lowest BCUT2D eigenvalue weighted by Gasteiger charge is -2.08. The summed E-state index contributed by atoms with van der Waals surface area (Å²) in [5, 5.41) is 16.5. The van der Waals surface area contributed by atoms with Gasteiger partial charge in [0, 0.05) is 0 Å². The first kappa shape index (κ1) is 12.3. The zero-order valence-corrected chi connectivity index (χ0v) is 10.4. The average molecular weight is 245 g/mol. The van der Waals surface area contributed by atoms with E-state index in [2.05, 4.69) is 24.2 Å². The largest absolute Gasteiger partial charge is 0.481 e. The molecule has 0 saturated heterocycles. The summed E-state index contributed by atoms with van der Waals surface area (Å²) in [6.45, 7) is 4.25. The molecule has 1 heterocycles. The Balaban J connectivity index is 2.31. The highest BCUT2D eigenvalue weighted by atomic mass is 16.4. The van der Waals surface area contributed by atoms with Crippen molar-refractivity contribution in [3.05, 3.63) is 41.7 Å². The molecule has 0 aliphatic carbocycles. The Morgan fingerprint density at radius 1 is 1.33 bits per heavy atom. The number of aliphatic carboxylic acids is 1. The van der Waals surface area contributed by atoms with E-state index in [1.807, 2.05) is 24.3 Å². The van der Waals surface area contributed by atoms with Gasteiger partial charge in [-0.05, 0) is 23.6 Å². The van der Waals surface area contributed by atoms with E-state index in [0.29, 0.717) is 11.6 Å². The number of carboxylic acid groups (broad SMARTS) is 1. The fraction of sp³-hybridized carbons (Fsp3) is 0.308. The minimum absolute atomic E-state index is 0.0844. The van der Waals surface area contributed by atoms with E-state index >= 15 is 0 Å². The van der Waals surface area contributed by atoms with Gasteiger partial charge < -0.3 is 5.11 Å². The molecular formula is C13H15N3O2. The topological polar surface area (TPSA) is 68.0 Å². The number of hydrogen-bond acceptors (Lipinski definition) is 3. The molecule has 1 aromatic carbocycles. The van der Waals surface area contributed by atoms with Gasteiger partial charge in [-0.3, -0.25) is 4.79 Å². The van der Waals surface area contributed by atoms with Crippen molar-refractivity contribution in [3.63, 3.8) is 0 Å². The van der Waals surface area contributed by atoms with E-state index in [4.69, 9.17) is 5.11 Å². The molecule has 2 aromatic rings. The number of aromatic nitrogens is 3. The van der Waals surface area contributed by atoms with Crippen LogP contribution in [0.1, 0.15) is 31.0 Å². The second-order valence-electron chi connectivity index (χ2n) is 4.45. The predicted molar refractivity (Wildman–Crippen MR) is 66.8 cm³/mol. The number of carbonyl (C=O) groups is 1. The van der Waals surface area contributed by atoms with Crippen LogP contribution in [0.15, 0.2) is 30.5 Å². The minimum atomic E-state index is -0.891. The standard InChI is InChI=1S/C13H15N3O2/c1-9(2)10-3-5-11(6-4-10)16-12(7-13(17)18)8-14-15-16/h3-6,8-9H,7H2,1-2H3,(H,17,18). The number of rotatable bonds is 4. The quantitative estimate of drug-likeness (QED) is 0.894. The van der Waals surface area contributed by atoms with Crippen LogP contribution in [0.4, 0.5) is 0 Å². The van der Waals surface area contributed by atoms with E-state index in [0.717, 1.165) is 5.69 Å². The third-order valence-corrected chi connectivity index (χ3v) is 2.76. The van der Waals surface area contributed by atoms with Gasteiger partial charge in [-0.1, -0.05) is 31.2 Å².